The van der Waals surface area contributed by atoms with E-state index < -0.39 is 0 Å². The number of hydrogen-bond donors (Lipinski definition) is 1. The van der Waals surface area contributed by atoms with Crippen molar-refractivity contribution < 1.29 is 9.53 Å². The first kappa shape index (κ1) is 13.8. The minimum absolute atomic E-state index is 0.0260. The largest absolute Gasteiger partial charge is 0.497 e. The lowest BCUT2D eigenvalue weighted by Crippen LogP contribution is -2.42. The van der Waals surface area contributed by atoms with Crippen LogP contribution in [0.3, 0.4) is 0 Å². The van der Waals surface area contributed by atoms with Crippen LogP contribution < -0.4 is 15.1 Å². The number of rotatable bonds is 2. The van der Waals surface area contributed by atoms with E-state index >= 15 is 0 Å². The lowest BCUT2D eigenvalue weighted by Gasteiger charge is -2.34. The van der Waals surface area contributed by atoms with Crippen LogP contribution in [0, 0.1) is 5.92 Å². The molecule has 2 heterocycles. The number of amides is 1. The monoisotopic (exact) mass is 307 g/mol. The van der Waals surface area contributed by atoms with Gasteiger partial charge in [0.2, 0.25) is 5.91 Å². The molecule has 116 valence electrons. The number of carbonyl (C=O) groups is 1. The number of hydrazone groups is 1. The Morgan fingerprint density at radius 3 is 2.83 bits per heavy atom. The van der Waals surface area contributed by atoms with Crippen molar-refractivity contribution in [3.63, 3.8) is 0 Å². The van der Waals surface area contributed by atoms with Crippen molar-refractivity contribution in [3.05, 3.63) is 54.1 Å². The van der Waals surface area contributed by atoms with Gasteiger partial charge in [0, 0.05) is 30.1 Å². The molecule has 0 spiro atoms. The lowest BCUT2D eigenvalue weighted by atomic mass is 9.87. The lowest BCUT2D eigenvalue weighted by molar-refractivity contribution is -0.119. The first-order valence-corrected chi connectivity index (χ1v) is 7.65. The summed E-state index contributed by atoms with van der Waals surface area (Å²) in [6, 6.07) is 15.4. The Morgan fingerprint density at radius 1 is 1.22 bits per heavy atom. The molecular formula is C18H17N3O2. The summed E-state index contributed by atoms with van der Waals surface area (Å²) in [6.45, 7) is 0.729. The van der Waals surface area contributed by atoms with Gasteiger partial charge in [-0.05, 0) is 30.3 Å². The molecule has 5 nitrogen and oxygen atoms in total. The maximum absolute atomic E-state index is 12.5. The van der Waals surface area contributed by atoms with Crippen LogP contribution in [0.2, 0.25) is 0 Å². The molecule has 0 aliphatic carbocycles. The molecule has 0 radical (unpaired) electrons. The molecule has 0 saturated heterocycles. The van der Waals surface area contributed by atoms with Crippen LogP contribution in [0.1, 0.15) is 12.0 Å². The van der Waals surface area contributed by atoms with Crippen molar-refractivity contribution in [3.8, 4) is 5.75 Å². The highest BCUT2D eigenvalue weighted by Crippen LogP contribution is 2.34. The highest BCUT2D eigenvalue weighted by Gasteiger charge is 2.34. The third-order valence-corrected chi connectivity index (χ3v) is 4.29. The zero-order valence-electron chi connectivity index (χ0n) is 12.8. The average Bonchev–Trinajstić information content (AvgIpc) is 2.61. The number of nitrogens with zero attached hydrogens (tertiary/aromatic N) is 2. The molecule has 0 bridgehead atoms. The number of ether oxygens (including phenoxy) is 1. The van der Waals surface area contributed by atoms with Gasteiger partial charge >= 0.3 is 0 Å². The third-order valence-electron chi connectivity index (χ3n) is 4.29. The Morgan fingerprint density at radius 2 is 2.04 bits per heavy atom. The molecule has 5 heteroatoms. The predicted octanol–water partition coefficient (Wildman–Crippen LogP) is 2.88. The van der Waals surface area contributed by atoms with E-state index in [4.69, 9.17) is 4.74 Å². The second-order valence-corrected chi connectivity index (χ2v) is 5.72. The zero-order chi connectivity index (χ0) is 15.8. The van der Waals surface area contributed by atoms with E-state index in [2.05, 4.69) is 10.4 Å². The summed E-state index contributed by atoms with van der Waals surface area (Å²) in [5.41, 5.74) is 3.78. The number of nitrogens with one attached hydrogen (secondary N) is 1. The van der Waals surface area contributed by atoms with Gasteiger partial charge in [0.25, 0.3) is 0 Å². The highest BCUT2D eigenvalue weighted by molar-refractivity contribution is 6.14. The molecule has 0 aromatic heterocycles. The molecule has 23 heavy (non-hydrogen) atoms. The molecule has 1 unspecified atom stereocenters. The van der Waals surface area contributed by atoms with E-state index in [0.717, 1.165) is 34.9 Å². The molecule has 0 saturated carbocycles. The molecule has 0 fully saturated rings. The second kappa shape index (κ2) is 5.43. The fourth-order valence-corrected chi connectivity index (χ4v) is 3.10. The van der Waals surface area contributed by atoms with Crippen molar-refractivity contribution in [1.29, 1.82) is 0 Å². The molecule has 1 amide bonds. The summed E-state index contributed by atoms with van der Waals surface area (Å²) < 4.78 is 5.33. The van der Waals surface area contributed by atoms with Gasteiger partial charge in [-0.25, -0.2) is 5.01 Å². The maximum atomic E-state index is 12.5. The summed E-state index contributed by atoms with van der Waals surface area (Å²) in [4.78, 5) is 12.5. The molecule has 2 aromatic rings. The quantitative estimate of drug-likeness (QED) is 0.928. The molecule has 1 N–H and O–H groups in total. The Bertz CT molecular complexity index is 786. The number of benzene rings is 2. The van der Waals surface area contributed by atoms with E-state index in [1.54, 1.807) is 7.11 Å². The molecule has 2 aliphatic rings. The number of para-hydroxylation sites is 1. The summed E-state index contributed by atoms with van der Waals surface area (Å²) in [6.07, 6.45) is 0.456. The van der Waals surface area contributed by atoms with Gasteiger partial charge < -0.3 is 10.1 Å². The van der Waals surface area contributed by atoms with Crippen molar-refractivity contribution in [1.82, 2.24) is 0 Å². The van der Waals surface area contributed by atoms with E-state index in [1.807, 2.05) is 48.5 Å². The van der Waals surface area contributed by atoms with Crippen molar-refractivity contribution in [2.24, 2.45) is 11.0 Å². The normalized spacial score (nSPS) is 19.3. The van der Waals surface area contributed by atoms with Crippen LogP contribution in [0.5, 0.6) is 5.75 Å². The summed E-state index contributed by atoms with van der Waals surface area (Å²) in [5, 5.41) is 9.57. The van der Waals surface area contributed by atoms with Gasteiger partial charge in [0.1, 0.15) is 5.75 Å². The van der Waals surface area contributed by atoms with Crippen LogP contribution in [0.25, 0.3) is 0 Å². The minimum atomic E-state index is 0.0260. The van der Waals surface area contributed by atoms with Crippen LogP contribution in [-0.4, -0.2) is 25.3 Å². The Labute approximate surface area is 134 Å². The van der Waals surface area contributed by atoms with Crippen molar-refractivity contribution >= 4 is 23.0 Å². The summed E-state index contributed by atoms with van der Waals surface area (Å²) in [7, 11) is 1.65. The molecule has 2 aromatic carbocycles. The van der Waals surface area contributed by atoms with Gasteiger partial charge in [-0.15, -0.1) is 0 Å². The average molecular weight is 307 g/mol. The minimum Gasteiger partial charge on any atom is -0.497 e. The Hall–Kier alpha value is -2.82. The summed E-state index contributed by atoms with van der Waals surface area (Å²) >= 11 is 0. The van der Waals surface area contributed by atoms with Crippen molar-refractivity contribution in [2.75, 3.05) is 24.0 Å². The number of carbonyl (C=O) groups excluding carboxylic acids is 1. The fraction of sp³-hybridized carbons (Fsp3) is 0.222. The Balaban J connectivity index is 1.82. The first-order valence-electron chi connectivity index (χ1n) is 7.65. The molecular weight excluding hydrogens is 290 g/mol. The van der Waals surface area contributed by atoms with Crippen LogP contribution >= 0.6 is 0 Å². The first-order chi connectivity index (χ1) is 11.3. The number of hydrogen-bond acceptors (Lipinski definition) is 4. The van der Waals surface area contributed by atoms with Gasteiger partial charge in [0.05, 0.1) is 18.5 Å². The number of fused-ring (bicyclic) bond motifs is 3. The second-order valence-electron chi connectivity index (χ2n) is 5.72. The SMILES string of the molecule is COc1ccc2c(c1)C1=NN(c3ccccc3)C(=O)CC1CN2. The van der Waals surface area contributed by atoms with Crippen LogP contribution in [0.4, 0.5) is 11.4 Å². The maximum Gasteiger partial charge on any atom is 0.248 e. The third kappa shape index (κ3) is 2.34. The molecule has 2 aliphatic heterocycles. The topological polar surface area (TPSA) is 53.9 Å². The van der Waals surface area contributed by atoms with Crippen LogP contribution in [-0.2, 0) is 4.79 Å². The Kier molecular flexibility index (Phi) is 3.26. The van der Waals surface area contributed by atoms with Crippen LogP contribution in [0.15, 0.2) is 53.6 Å². The van der Waals surface area contributed by atoms with Gasteiger partial charge in [-0.1, -0.05) is 18.2 Å². The van der Waals surface area contributed by atoms with Crippen molar-refractivity contribution in [2.45, 2.75) is 6.42 Å². The highest BCUT2D eigenvalue weighted by atomic mass is 16.5. The van der Waals surface area contributed by atoms with Gasteiger partial charge in [0.15, 0.2) is 0 Å². The van der Waals surface area contributed by atoms with E-state index in [0.29, 0.717) is 6.42 Å². The predicted molar refractivity (Wildman–Crippen MR) is 90.1 cm³/mol. The van der Waals surface area contributed by atoms with E-state index in [1.165, 1.54) is 5.01 Å². The van der Waals surface area contributed by atoms with Gasteiger partial charge in [-0.3, -0.25) is 4.79 Å². The standard InChI is InChI=1S/C18H17N3O2/c1-23-14-7-8-16-15(10-14)18-12(11-19-16)9-17(22)21(20-18)13-5-3-2-4-6-13/h2-8,10,12,19H,9,11H2,1H3. The number of methoxy groups -OCH3 is 1. The fourth-order valence-electron chi connectivity index (χ4n) is 3.10. The van der Waals surface area contributed by atoms with E-state index in [-0.39, 0.29) is 11.8 Å². The number of anilines is 2. The zero-order valence-corrected chi connectivity index (χ0v) is 12.8. The smallest absolute Gasteiger partial charge is 0.248 e. The van der Waals surface area contributed by atoms with Gasteiger partial charge in [-0.2, -0.15) is 5.10 Å². The summed E-state index contributed by atoms with van der Waals surface area (Å²) in [5.74, 6) is 0.914. The molecule has 4 rings (SSSR count). The van der Waals surface area contributed by atoms with E-state index in [9.17, 15) is 4.79 Å². The molecule has 1 atom stereocenters.